The average molecular weight is 463 g/mol. The highest BCUT2D eigenvalue weighted by molar-refractivity contribution is 7.91. The molecule has 0 aliphatic rings. The molecule has 7 heteroatoms. The summed E-state index contributed by atoms with van der Waals surface area (Å²) in [7, 11) is -1.81. The van der Waals surface area contributed by atoms with Gasteiger partial charge in [-0.1, -0.05) is 43.3 Å². The maximum Gasteiger partial charge on any atom is 0.180 e. The molecule has 1 atom stereocenters. The summed E-state index contributed by atoms with van der Waals surface area (Å²) in [6, 6.07) is 20.6. The summed E-state index contributed by atoms with van der Waals surface area (Å²) in [6.45, 7) is 1.89. The minimum Gasteiger partial charge on any atom is -0.487 e. The van der Waals surface area contributed by atoms with E-state index in [1.807, 2.05) is 72.3 Å². The number of aldehydes is 1. The summed E-state index contributed by atoms with van der Waals surface area (Å²) in [5, 5.41) is 0.563. The van der Waals surface area contributed by atoms with Crippen LogP contribution in [0.3, 0.4) is 0 Å². The normalized spacial score (nSPS) is 12.5. The molecule has 0 amide bonds. The number of hydrogen-bond acceptors (Lipinski definition) is 5. The number of carbonyl (C=O) groups excluding carboxylic acids is 1. The Morgan fingerprint density at radius 2 is 1.82 bits per heavy atom. The van der Waals surface area contributed by atoms with Crippen molar-refractivity contribution in [1.82, 2.24) is 9.55 Å². The van der Waals surface area contributed by atoms with Gasteiger partial charge in [0.05, 0.1) is 22.3 Å². The van der Waals surface area contributed by atoms with Crippen LogP contribution in [-0.2, 0) is 34.7 Å². The monoisotopic (exact) mass is 462 g/mol. The number of carbonyl (C=O) groups is 1. The van der Waals surface area contributed by atoms with Crippen LogP contribution in [0.5, 0.6) is 5.75 Å². The van der Waals surface area contributed by atoms with E-state index in [0.29, 0.717) is 23.3 Å². The summed E-state index contributed by atoms with van der Waals surface area (Å²) < 4.78 is 34.2. The second-order valence-electron chi connectivity index (χ2n) is 7.90. The Morgan fingerprint density at radius 1 is 1.06 bits per heavy atom. The minimum atomic E-state index is -3.61. The van der Waals surface area contributed by atoms with E-state index >= 15 is 0 Å². The Hall–Kier alpha value is -3.45. The molecule has 4 rings (SSSR count). The Morgan fingerprint density at radius 3 is 2.48 bits per heavy atom. The average Bonchev–Trinajstić information content (AvgIpc) is 3.15. The number of sulfone groups is 1. The van der Waals surface area contributed by atoms with Crippen molar-refractivity contribution >= 4 is 27.0 Å². The van der Waals surface area contributed by atoms with E-state index in [1.165, 1.54) is 0 Å². The number of hydrogen-bond donors (Lipinski definition) is 0. The predicted octanol–water partition coefficient (Wildman–Crippen LogP) is 4.47. The molecule has 0 spiro atoms. The number of aromatic nitrogens is 2. The number of pyridine rings is 1. The molecule has 0 radical (unpaired) electrons. The highest BCUT2D eigenvalue weighted by atomic mass is 32.2. The van der Waals surface area contributed by atoms with Gasteiger partial charge in [-0.05, 0) is 42.3 Å². The number of aryl methyl sites for hydroxylation is 1. The quantitative estimate of drug-likeness (QED) is 0.343. The number of fused-ring (bicyclic) bond motifs is 1. The topological polar surface area (TPSA) is 78.3 Å². The second kappa shape index (κ2) is 9.58. The Balaban J connectivity index is 1.81. The summed E-state index contributed by atoms with van der Waals surface area (Å²) in [4.78, 5) is 16.7. The molecule has 0 saturated carbocycles. The van der Waals surface area contributed by atoms with E-state index in [0.717, 1.165) is 23.1 Å². The largest absolute Gasteiger partial charge is 0.487 e. The van der Waals surface area contributed by atoms with Gasteiger partial charge in [0.15, 0.2) is 9.84 Å². The van der Waals surface area contributed by atoms with Crippen molar-refractivity contribution in [3.8, 4) is 5.75 Å². The molecule has 33 heavy (non-hydrogen) atoms. The number of benzene rings is 2. The van der Waals surface area contributed by atoms with Gasteiger partial charge in [-0.3, -0.25) is 4.98 Å². The molecule has 2 heterocycles. The van der Waals surface area contributed by atoms with Crippen LogP contribution >= 0.6 is 0 Å². The Labute approximate surface area is 193 Å². The molecule has 0 bridgehead atoms. The lowest BCUT2D eigenvalue weighted by Crippen LogP contribution is -2.15. The summed E-state index contributed by atoms with van der Waals surface area (Å²) in [5.41, 5.74) is 2.99. The van der Waals surface area contributed by atoms with Crippen LogP contribution in [0, 0.1) is 0 Å². The van der Waals surface area contributed by atoms with Crippen LogP contribution in [0.15, 0.2) is 77.8 Å². The van der Waals surface area contributed by atoms with Crippen LogP contribution in [0.2, 0.25) is 0 Å². The third-order valence-electron chi connectivity index (χ3n) is 5.79. The SMILES string of the molecule is CCS(=O)(=O)c1c(C(C=O)Cc2ccccc2)n(C)c2ccc(OCc3ccccn3)cc12. The van der Waals surface area contributed by atoms with Gasteiger partial charge in [-0.15, -0.1) is 0 Å². The first kappa shape index (κ1) is 22.7. The standard InChI is InChI=1S/C26H26N2O4S/c1-3-33(30,31)26-23-16-22(32-18-21-11-7-8-14-27-21)12-13-24(23)28(2)25(26)20(17-29)15-19-9-5-4-6-10-19/h4-14,16-17,20H,3,15,18H2,1-2H3. The third kappa shape index (κ3) is 4.68. The van der Waals surface area contributed by atoms with Gasteiger partial charge in [0.1, 0.15) is 18.6 Å². The number of ether oxygens (including phenoxy) is 1. The van der Waals surface area contributed by atoms with E-state index in [2.05, 4.69) is 4.98 Å². The highest BCUT2D eigenvalue weighted by Crippen LogP contribution is 2.37. The summed E-state index contributed by atoms with van der Waals surface area (Å²) in [5.74, 6) is -0.114. The predicted molar refractivity (Wildman–Crippen MR) is 128 cm³/mol. The molecule has 170 valence electrons. The second-order valence-corrected chi connectivity index (χ2v) is 10.1. The molecule has 0 saturated heterocycles. The van der Waals surface area contributed by atoms with Crippen molar-refractivity contribution in [3.63, 3.8) is 0 Å². The maximum absolute atomic E-state index is 13.2. The summed E-state index contributed by atoms with van der Waals surface area (Å²) >= 11 is 0. The number of nitrogens with zero attached hydrogens (tertiary/aromatic N) is 2. The third-order valence-corrected chi connectivity index (χ3v) is 7.60. The van der Waals surface area contributed by atoms with Crippen molar-refractivity contribution in [3.05, 3.63) is 89.9 Å². The molecule has 2 aromatic carbocycles. The van der Waals surface area contributed by atoms with Crippen LogP contribution < -0.4 is 4.74 Å². The zero-order valence-corrected chi connectivity index (χ0v) is 19.5. The van der Waals surface area contributed by atoms with Crippen molar-refractivity contribution < 1.29 is 17.9 Å². The molecule has 0 aliphatic heterocycles. The van der Waals surface area contributed by atoms with E-state index in [4.69, 9.17) is 4.74 Å². The number of rotatable bonds is 9. The first-order valence-electron chi connectivity index (χ1n) is 10.8. The summed E-state index contributed by atoms with van der Waals surface area (Å²) in [6.07, 6.45) is 2.96. The van der Waals surface area contributed by atoms with Crippen molar-refractivity contribution in [2.24, 2.45) is 7.05 Å². The van der Waals surface area contributed by atoms with Gasteiger partial charge in [0, 0.05) is 29.8 Å². The van der Waals surface area contributed by atoms with Gasteiger partial charge in [0.2, 0.25) is 0 Å². The van der Waals surface area contributed by atoms with E-state index < -0.39 is 15.8 Å². The molecule has 0 aliphatic carbocycles. The molecule has 2 aromatic heterocycles. The van der Waals surface area contributed by atoms with E-state index in [9.17, 15) is 13.2 Å². The van der Waals surface area contributed by atoms with Gasteiger partial charge >= 0.3 is 0 Å². The highest BCUT2D eigenvalue weighted by Gasteiger charge is 2.30. The Kier molecular flexibility index (Phi) is 6.60. The van der Waals surface area contributed by atoms with Gasteiger partial charge in [-0.2, -0.15) is 0 Å². The van der Waals surface area contributed by atoms with Crippen LogP contribution in [0.25, 0.3) is 10.9 Å². The molecular formula is C26H26N2O4S. The van der Waals surface area contributed by atoms with Crippen molar-refractivity contribution in [2.45, 2.75) is 30.8 Å². The molecule has 1 unspecified atom stereocenters. The first-order valence-corrected chi connectivity index (χ1v) is 12.5. The van der Waals surface area contributed by atoms with E-state index in [1.54, 1.807) is 19.2 Å². The lowest BCUT2D eigenvalue weighted by molar-refractivity contribution is -0.109. The van der Waals surface area contributed by atoms with Crippen LogP contribution in [0.4, 0.5) is 0 Å². The molecule has 0 N–H and O–H groups in total. The lowest BCUT2D eigenvalue weighted by Gasteiger charge is -2.15. The zero-order valence-electron chi connectivity index (χ0n) is 18.6. The fourth-order valence-electron chi connectivity index (χ4n) is 4.11. The van der Waals surface area contributed by atoms with Gasteiger partial charge in [-0.25, -0.2) is 8.42 Å². The zero-order chi connectivity index (χ0) is 23.4. The molecule has 6 nitrogen and oxygen atoms in total. The van der Waals surface area contributed by atoms with Crippen molar-refractivity contribution in [2.75, 3.05) is 5.75 Å². The Bertz CT molecular complexity index is 1360. The lowest BCUT2D eigenvalue weighted by atomic mass is 9.97. The van der Waals surface area contributed by atoms with Crippen LogP contribution in [-0.4, -0.2) is 30.0 Å². The maximum atomic E-state index is 13.2. The van der Waals surface area contributed by atoms with E-state index in [-0.39, 0.29) is 17.3 Å². The van der Waals surface area contributed by atoms with Crippen LogP contribution in [0.1, 0.15) is 29.8 Å². The minimum absolute atomic E-state index is 0.0605. The van der Waals surface area contributed by atoms with Crippen molar-refractivity contribution in [1.29, 1.82) is 0 Å². The van der Waals surface area contributed by atoms with Gasteiger partial charge in [0.25, 0.3) is 0 Å². The fourth-order valence-corrected chi connectivity index (χ4v) is 5.50. The fraction of sp³-hybridized carbons (Fsp3) is 0.231. The smallest absolute Gasteiger partial charge is 0.180 e. The first-order chi connectivity index (χ1) is 15.9. The molecule has 4 aromatic rings. The van der Waals surface area contributed by atoms with Gasteiger partial charge < -0.3 is 14.1 Å². The molecular weight excluding hydrogens is 436 g/mol. The molecule has 0 fully saturated rings.